The summed E-state index contributed by atoms with van der Waals surface area (Å²) < 4.78 is 12.9. The highest BCUT2D eigenvalue weighted by Crippen LogP contribution is 2.29. The van der Waals surface area contributed by atoms with E-state index in [1.807, 2.05) is 6.07 Å². The minimum absolute atomic E-state index is 0.105. The van der Waals surface area contributed by atoms with E-state index in [1.165, 1.54) is 40.9 Å². The molecule has 1 aliphatic rings. The molecule has 1 amide bonds. The van der Waals surface area contributed by atoms with Crippen LogP contribution in [0, 0.1) is 5.82 Å². The standard InChI is InChI=1S/C19H17FN2O/c20-13-7-5-12(6-8-13)19(23)21-14-9-10-16-15-3-1-2-4-17(15)22-18(16)11-14/h1-8,14,22H,9-11H2,(H,21,23). The Bertz CT molecular complexity index is 867. The van der Waals surface area contributed by atoms with Crippen molar-refractivity contribution in [1.29, 1.82) is 0 Å². The molecule has 1 atom stereocenters. The van der Waals surface area contributed by atoms with E-state index >= 15 is 0 Å². The van der Waals surface area contributed by atoms with Gasteiger partial charge in [-0.25, -0.2) is 4.39 Å². The first kappa shape index (κ1) is 14.0. The number of hydrogen-bond acceptors (Lipinski definition) is 1. The van der Waals surface area contributed by atoms with Crippen LogP contribution in [-0.4, -0.2) is 16.9 Å². The van der Waals surface area contributed by atoms with E-state index in [9.17, 15) is 9.18 Å². The first-order chi connectivity index (χ1) is 11.2. The van der Waals surface area contributed by atoms with Gasteiger partial charge in [-0.05, 0) is 48.7 Å². The summed E-state index contributed by atoms with van der Waals surface area (Å²) >= 11 is 0. The van der Waals surface area contributed by atoms with Gasteiger partial charge in [-0.15, -0.1) is 0 Å². The lowest BCUT2D eigenvalue weighted by atomic mass is 9.91. The van der Waals surface area contributed by atoms with Crippen molar-refractivity contribution in [2.24, 2.45) is 0 Å². The summed E-state index contributed by atoms with van der Waals surface area (Å²) in [7, 11) is 0. The highest BCUT2D eigenvalue weighted by atomic mass is 19.1. The molecule has 2 N–H and O–H groups in total. The number of rotatable bonds is 2. The fourth-order valence-electron chi connectivity index (χ4n) is 3.38. The molecule has 4 heteroatoms. The SMILES string of the molecule is O=C(NC1CCc2c([nH]c3ccccc23)C1)c1ccc(F)cc1. The van der Waals surface area contributed by atoms with Crippen molar-refractivity contribution in [3.8, 4) is 0 Å². The summed E-state index contributed by atoms with van der Waals surface area (Å²) in [6.07, 6.45) is 2.67. The lowest BCUT2D eigenvalue weighted by Gasteiger charge is -2.23. The number of carbonyl (C=O) groups excluding carboxylic acids is 1. The summed E-state index contributed by atoms with van der Waals surface area (Å²) in [4.78, 5) is 15.7. The first-order valence-electron chi connectivity index (χ1n) is 7.85. The third-order valence-corrected chi connectivity index (χ3v) is 4.54. The van der Waals surface area contributed by atoms with Gasteiger partial charge in [0.05, 0.1) is 0 Å². The third kappa shape index (κ3) is 2.61. The van der Waals surface area contributed by atoms with Crippen LogP contribution in [0.4, 0.5) is 4.39 Å². The van der Waals surface area contributed by atoms with Crippen molar-refractivity contribution in [3.63, 3.8) is 0 Å². The molecule has 1 aromatic heterocycles. The van der Waals surface area contributed by atoms with Gasteiger partial charge in [0.1, 0.15) is 5.82 Å². The van der Waals surface area contributed by atoms with E-state index in [-0.39, 0.29) is 17.8 Å². The van der Waals surface area contributed by atoms with E-state index in [1.54, 1.807) is 0 Å². The number of aromatic nitrogens is 1. The van der Waals surface area contributed by atoms with Crippen molar-refractivity contribution in [3.05, 3.63) is 71.2 Å². The summed E-state index contributed by atoms with van der Waals surface area (Å²) in [5.41, 5.74) is 4.23. The van der Waals surface area contributed by atoms with Gasteiger partial charge >= 0.3 is 0 Å². The van der Waals surface area contributed by atoms with E-state index < -0.39 is 0 Å². The molecular weight excluding hydrogens is 291 g/mol. The minimum atomic E-state index is -0.332. The van der Waals surface area contributed by atoms with Crippen LogP contribution in [0.15, 0.2) is 48.5 Å². The number of carbonyl (C=O) groups is 1. The number of H-pyrrole nitrogens is 1. The Balaban J connectivity index is 1.52. The van der Waals surface area contributed by atoms with Crippen molar-refractivity contribution < 1.29 is 9.18 Å². The quantitative estimate of drug-likeness (QED) is 0.746. The normalized spacial score (nSPS) is 17.0. The highest BCUT2D eigenvalue weighted by Gasteiger charge is 2.23. The van der Waals surface area contributed by atoms with Crippen molar-refractivity contribution >= 4 is 16.8 Å². The Hall–Kier alpha value is -2.62. The fraction of sp³-hybridized carbons (Fsp3) is 0.211. The second kappa shape index (κ2) is 5.54. The molecule has 0 aliphatic heterocycles. The van der Waals surface area contributed by atoms with Crippen LogP contribution in [-0.2, 0) is 12.8 Å². The van der Waals surface area contributed by atoms with Gasteiger partial charge in [0.2, 0.25) is 0 Å². The Morgan fingerprint density at radius 3 is 2.74 bits per heavy atom. The number of amides is 1. The molecule has 3 aromatic rings. The van der Waals surface area contributed by atoms with Crippen LogP contribution in [0.3, 0.4) is 0 Å². The van der Waals surface area contributed by atoms with Crippen molar-refractivity contribution in [2.45, 2.75) is 25.3 Å². The van der Waals surface area contributed by atoms with E-state index in [0.29, 0.717) is 5.56 Å². The number of halogens is 1. The van der Waals surface area contributed by atoms with Crippen LogP contribution in [0.5, 0.6) is 0 Å². The molecule has 23 heavy (non-hydrogen) atoms. The Morgan fingerprint density at radius 2 is 1.91 bits per heavy atom. The van der Waals surface area contributed by atoms with Crippen LogP contribution < -0.4 is 5.32 Å². The molecule has 0 bridgehead atoms. The summed E-state index contributed by atoms with van der Waals surface area (Å²) in [5.74, 6) is -0.475. The molecule has 0 radical (unpaired) electrons. The van der Waals surface area contributed by atoms with E-state index in [4.69, 9.17) is 0 Å². The van der Waals surface area contributed by atoms with Crippen LogP contribution in [0.2, 0.25) is 0 Å². The Kier molecular flexibility index (Phi) is 3.37. The lowest BCUT2D eigenvalue weighted by Crippen LogP contribution is -2.38. The average molecular weight is 308 g/mol. The highest BCUT2D eigenvalue weighted by molar-refractivity contribution is 5.94. The van der Waals surface area contributed by atoms with Gasteiger partial charge in [0, 0.05) is 34.6 Å². The van der Waals surface area contributed by atoms with E-state index in [0.717, 1.165) is 24.8 Å². The molecule has 3 nitrogen and oxygen atoms in total. The van der Waals surface area contributed by atoms with Gasteiger partial charge in [0.25, 0.3) is 5.91 Å². The molecule has 116 valence electrons. The molecular formula is C19H17FN2O. The first-order valence-corrected chi connectivity index (χ1v) is 7.85. The monoisotopic (exact) mass is 308 g/mol. The van der Waals surface area contributed by atoms with Crippen LogP contribution in [0.1, 0.15) is 28.0 Å². The smallest absolute Gasteiger partial charge is 0.251 e. The average Bonchev–Trinajstić information content (AvgIpc) is 2.93. The topological polar surface area (TPSA) is 44.9 Å². The predicted octanol–water partition coefficient (Wildman–Crippen LogP) is 3.59. The van der Waals surface area contributed by atoms with Crippen molar-refractivity contribution in [1.82, 2.24) is 10.3 Å². The number of fused-ring (bicyclic) bond motifs is 3. The zero-order valence-electron chi connectivity index (χ0n) is 12.6. The fourth-order valence-corrected chi connectivity index (χ4v) is 3.38. The summed E-state index contributed by atoms with van der Waals surface area (Å²) in [5, 5.41) is 4.34. The van der Waals surface area contributed by atoms with Gasteiger partial charge in [-0.1, -0.05) is 18.2 Å². The second-order valence-corrected chi connectivity index (χ2v) is 6.05. The molecule has 0 saturated heterocycles. The zero-order valence-corrected chi connectivity index (χ0v) is 12.6. The summed E-state index contributed by atoms with van der Waals surface area (Å²) in [6.45, 7) is 0. The molecule has 2 aromatic carbocycles. The Morgan fingerprint density at radius 1 is 1.13 bits per heavy atom. The van der Waals surface area contributed by atoms with Gasteiger partial charge in [-0.3, -0.25) is 4.79 Å². The van der Waals surface area contributed by atoms with Gasteiger partial charge in [-0.2, -0.15) is 0 Å². The Labute approximate surface area is 133 Å². The molecule has 0 saturated carbocycles. The third-order valence-electron chi connectivity index (χ3n) is 4.54. The lowest BCUT2D eigenvalue weighted by molar-refractivity contribution is 0.0933. The molecule has 1 heterocycles. The molecule has 1 aliphatic carbocycles. The number of aryl methyl sites for hydroxylation is 1. The molecule has 0 fully saturated rings. The number of hydrogen-bond donors (Lipinski definition) is 2. The second-order valence-electron chi connectivity index (χ2n) is 6.05. The van der Waals surface area contributed by atoms with Gasteiger partial charge in [0.15, 0.2) is 0 Å². The van der Waals surface area contributed by atoms with Gasteiger partial charge < -0.3 is 10.3 Å². The number of para-hydroxylation sites is 1. The molecule has 1 unspecified atom stereocenters. The van der Waals surface area contributed by atoms with Crippen LogP contribution >= 0.6 is 0 Å². The number of benzene rings is 2. The number of nitrogens with one attached hydrogen (secondary N) is 2. The number of aromatic amines is 1. The minimum Gasteiger partial charge on any atom is -0.358 e. The van der Waals surface area contributed by atoms with Crippen LogP contribution in [0.25, 0.3) is 10.9 Å². The maximum absolute atomic E-state index is 12.9. The maximum Gasteiger partial charge on any atom is 0.251 e. The summed E-state index contributed by atoms with van der Waals surface area (Å²) in [6, 6.07) is 14.1. The molecule has 4 rings (SSSR count). The molecule has 0 spiro atoms. The maximum atomic E-state index is 12.9. The van der Waals surface area contributed by atoms with Crippen molar-refractivity contribution in [2.75, 3.05) is 0 Å². The largest absolute Gasteiger partial charge is 0.358 e. The predicted molar refractivity (Wildman–Crippen MR) is 88.0 cm³/mol. The zero-order chi connectivity index (χ0) is 15.8. The van der Waals surface area contributed by atoms with E-state index in [2.05, 4.69) is 28.5 Å².